The van der Waals surface area contributed by atoms with E-state index in [1.54, 1.807) is 11.8 Å². The molecular formula is C19H21FN2O4. The normalized spacial score (nSPS) is 15.1. The number of halogens is 1. The molecule has 1 aromatic carbocycles. The van der Waals surface area contributed by atoms with Gasteiger partial charge in [0, 0.05) is 44.4 Å². The maximum Gasteiger partial charge on any atom is 0.253 e. The molecule has 1 fully saturated rings. The van der Waals surface area contributed by atoms with Gasteiger partial charge in [0.05, 0.1) is 6.26 Å². The minimum absolute atomic E-state index is 0.0848. The molecule has 0 radical (unpaired) electrons. The van der Waals surface area contributed by atoms with Gasteiger partial charge in [-0.15, -0.1) is 0 Å². The molecule has 1 amide bonds. The summed E-state index contributed by atoms with van der Waals surface area (Å²) in [7, 11) is 0. The van der Waals surface area contributed by atoms with E-state index in [0.717, 1.165) is 13.1 Å². The molecular weight excluding hydrogens is 339 g/mol. The molecule has 0 spiro atoms. The van der Waals surface area contributed by atoms with Crippen LogP contribution in [0.15, 0.2) is 45.8 Å². The molecule has 2 heterocycles. The van der Waals surface area contributed by atoms with Crippen molar-refractivity contribution in [2.75, 3.05) is 39.3 Å². The molecule has 2 aromatic rings. The topological polar surface area (TPSA) is 63.0 Å². The van der Waals surface area contributed by atoms with Crippen molar-refractivity contribution >= 4 is 5.91 Å². The van der Waals surface area contributed by atoms with Crippen molar-refractivity contribution in [3.05, 3.63) is 64.0 Å². The van der Waals surface area contributed by atoms with Crippen molar-refractivity contribution in [1.82, 2.24) is 9.80 Å². The van der Waals surface area contributed by atoms with Crippen LogP contribution in [0.4, 0.5) is 4.39 Å². The quantitative estimate of drug-likeness (QED) is 0.815. The van der Waals surface area contributed by atoms with Crippen molar-refractivity contribution in [3.8, 4) is 5.75 Å². The molecule has 26 heavy (non-hydrogen) atoms. The fraction of sp³-hybridized carbons (Fsp3) is 0.368. The highest BCUT2D eigenvalue weighted by Gasteiger charge is 2.22. The Kier molecular flexibility index (Phi) is 5.68. The zero-order valence-electron chi connectivity index (χ0n) is 14.6. The lowest BCUT2D eigenvalue weighted by Crippen LogP contribution is -2.49. The van der Waals surface area contributed by atoms with Crippen LogP contribution in [0.1, 0.15) is 16.1 Å². The van der Waals surface area contributed by atoms with E-state index in [4.69, 9.17) is 9.15 Å². The van der Waals surface area contributed by atoms with E-state index in [-0.39, 0.29) is 22.9 Å². The van der Waals surface area contributed by atoms with E-state index < -0.39 is 0 Å². The lowest BCUT2D eigenvalue weighted by Gasteiger charge is -2.34. The first-order valence-electron chi connectivity index (χ1n) is 8.53. The first kappa shape index (κ1) is 18.1. The predicted molar refractivity (Wildman–Crippen MR) is 94.0 cm³/mol. The van der Waals surface area contributed by atoms with Crippen LogP contribution in [0.5, 0.6) is 5.75 Å². The molecule has 3 rings (SSSR count). The SMILES string of the molecule is Cc1occc(=O)c1OCCN1CCN(C(=O)c2ccc(F)cc2)CC1. The third-order valence-corrected chi connectivity index (χ3v) is 4.41. The number of hydrogen-bond donors (Lipinski definition) is 0. The largest absolute Gasteiger partial charge is 0.485 e. The number of rotatable bonds is 5. The maximum absolute atomic E-state index is 13.0. The minimum Gasteiger partial charge on any atom is -0.485 e. The number of amides is 1. The smallest absolute Gasteiger partial charge is 0.253 e. The maximum atomic E-state index is 13.0. The second-order valence-electron chi connectivity index (χ2n) is 6.16. The van der Waals surface area contributed by atoms with Crippen LogP contribution >= 0.6 is 0 Å². The first-order chi connectivity index (χ1) is 12.5. The van der Waals surface area contributed by atoms with Gasteiger partial charge in [0.1, 0.15) is 18.2 Å². The summed E-state index contributed by atoms with van der Waals surface area (Å²) in [6.07, 6.45) is 1.35. The minimum atomic E-state index is -0.353. The summed E-state index contributed by atoms with van der Waals surface area (Å²) < 4.78 is 23.7. The lowest BCUT2D eigenvalue weighted by molar-refractivity contribution is 0.0619. The van der Waals surface area contributed by atoms with Crippen LogP contribution in [0, 0.1) is 12.7 Å². The van der Waals surface area contributed by atoms with Crippen molar-refractivity contribution in [2.45, 2.75) is 6.92 Å². The molecule has 1 aliphatic rings. The van der Waals surface area contributed by atoms with E-state index in [1.165, 1.54) is 36.6 Å². The molecule has 0 unspecified atom stereocenters. The lowest BCUT2D eigenvalue weighted by atomic mass is 10.2. The van der Waals surface area contributed by atoms with Crippen molar-refractivity contribution < 1.29 is 18.3 Å². The number of aryl methyl sites for hydroxylation is 1. The van der Waals surface area contributed by atoms with Crippen LogP contribution in [0.2, 0.25) is 0 Å². The van der Waals surface area contributed by atoms with Gasteiger partial charge in [0.2, 0.25) is 11.2 Å². The molecule has 7 heteroatoms. The van der Waals surface area contributed by atoms with Gasteiger partial charge in [-0.25, -0.2) is 4.39 Å². The van der Waals surface area contributed by atoms with E-state index >= 15 is 0 Å². The van der Waals surface area contributed by atoms with Crippen LogP contribution in [-0.2, 0) is 0 Å². The number of carbonyl (C=O) groups excluding carboxylic acids is 1. The molecule has 0 atom stereocenters. The van der Waals surface area contributed by atoms with Crippen molar-refractivity contribution in [3.63, 3.8) is 0 Å². The molecule has 0 saturated carbocycles. The van der Waals surface area contributed by atoms with Gasteiger partial charge in [-0.3, -0.25) is 14.5 Å². The van der Waals surface area contributed by atoms with Gasteiger partial charge >= 0.3 is 0 Å². The standard InChI is InChI=1S/C19H21FN2O4/c1-14-18(17(23)6-12-25-14)26-13-11-21-7-9-22(10-8-21)19(24)15-2-4-16(20)5-3-15/h2-6,12H,7-11,13H2,1H3. The van der Waals surface area contributed by atoms with Crippen molar-refractivity contribution in [1.29, 1.82) is 0 Å². The summed E-state index contributed by atoms with van der Waals surface area (Å²) >= 11 is 0. The zero-order valence-corrected chi connectivity index (χ0v) is 14.6. The van der Waals surface area contributed by atoms with Crippen LogP contribution in [0.25, 0.3) is 0 Å². The Morgan fingerprint density at radius 2 is 1.85 bits per heavy atom. The predicted octanol–water partition coefficient (Wildman–Crippen LogP) is 1.92. The van der Waals surface area contributed by atoms with E-state index in [2.05, 4.69) is 4.90 Å². The molecule has 1 saturated heterocycles. The second kappa shape index (κ2) is 8.14. The van der Waals surface area contributed by atoms with Gasteiger partial charge in [0.25, 0.3) is 5.91 Å². The Morgan fingerprint density at radius 1 is 1.15 bits per heavy atom. The van der Waals surface area contributed by atoms with Crippen LogP contribution in [-0.4, -0.2) is 55.0 Å². The number of piperazine rings is 1. The van der Waals surface area contributed by atoms with Gasteiger partial charge in [-0.2, -0.15) is 0 Å². The molecule has 0 aliphatic carbocycles. The number of nitrogens with zero attached hydrogens (tertiary/aromatic N) is 2. The van der Waals surface area contributed by atoms with E-state index in [9.17, 15) is 14.0 Å². The second-order valence-corrected chi connectivity index (χ2v) is 6.16. The number of ether oxygens (including phenoxy) is 1. The molecule has 0 N–H and O–H groups in total. The Balaban J connectivity index is 1.46. The summed E-state index contributed by atoms with van der Waals surface area (Å²) in [6, 6.07) is 6.94. The highest BCUT2D eigenvalue weighted by molar-refractivity contribution is 5.94. The summed E-state index contributed by atoms with van der Waals surface area (Å²) in [6.45, 7) is 5.37. The molecule has 138 valence electrons. The van der Waals surface area contributed by atoms with Gasteiger partial charge in [-0.05, 0) is 31.2 Å². The summed E-state index contributed by atoms with van der Waals surface area (Å²) in [5.74, 6) is 0.275. The van der Waals surface area contributed by atoms with Gasteiger partial charge in [0.15, 0.2) is 0 Å². The Labute approximate surface area is 150 Å². The monoisotopic (exact) mass is 360 g/mol. The van der Waals surface area contributed by atoms with E-state index in [0.29, 0.717) is 37.6 Å². The van der Waals surface area contributed by atoms with Crippen LogP contribution in [0.3, 0.4) is 0 Å². The molecule has 1 aromatic heterocycles. The Bertz CT molecular complexity index is 811. The Hall–Kier alpha value is -2.67. The third kappa shape index (κ3) is 4.29. The fourth-order valence-corrected chi connectivity index (χ4v) is 2.90. The molecule has 6 nitrogen and oxygen atoms in total. The third-order valence-electron chi connectivity index (χ3n) is 4.41. The number of carbonyl (C=O) groups is 1. The summed E-state index contributed by atoms with van der Waals surface area (Å²) in [5.41, 5.74) is 0.304. The highest BCUT2D eigenvalue weighted by Crippen LogP contribution is 2.12. The average Bonchev–Trinajstić information content (AvgIpc) is 2.65. The fourth-order valence-electron chi connectivity index (χ4n) is 2.90. The average molecular weight is 360 g/mol. The van der Waals surface area contributed by atoms with Crippen LogP contribution < -0.4 is 10.2 Å². The van der Waals surface area contributed by atoms with Crippen molar-refractivity contribution in [2.24, 2.45) is 0 Å². The number of hydrogen-bond acceptors (Lipinski definition) is 5. The van der Waals surface area contributed by atoms with Gasteiger partial charge < -0.3 is 14.1 Å². The summed E-state index contributed by atoms with van der Waals surface area (Å²) in [4.78, 5) is 28.1. The highest BCUT2D eigenvalue weighted by atomic mass is 19.1. The molecule has 1 aliphatic heterocycles. The first-order valence-corrected chi connectivity index (χ1v) is 8.53. The summed E-state index contributed by atoms with van der Waals surface area (Å²) in [5, 5.41) is 0. The Morgan fingerprint density at radius 3 is 2.50 bits per heavy atom. The zero-order chi connectivity index (χ0) is 18.5. The van der Waals surface area contributed by atoms with Gasteiger partial charge in [-0.1, -0.05) is 0 Å². The molecule has 0 bridgehead atoms. The van der Waals surface area contributed by atoms with E-state index in [1.807, 2.05) is 0 Å². The number of benzene rings is 1.